The van der Waals surface area contributed by atoms with E-state index >= 15 is 0 Å². The third kappa shape index (κ3) is 4.74. The summed E-state index contributed by atoms with van der Waals surface area (Å²) in [6, 6.07) is 8.18. The normalized spacial score (nSPS) is 10.9. The Labute approximate surface area is 128 Å². The Kier molecular flexibility index (Phi) is 6.24. The zero-order chi connectivity index (χ0) is 14.2. The van der Waals surface area contributed by atoms with Gasteiger partial charge < -0.3 is 15.0 Å². The van der Waals surface area contributed by atoms with E-state index in [9.17, 15) is 0 Å². The third-order valence-electron chi connectivity index (χ3n) is 2.90. The topological polar surface area (TPSA) is 49.9 Å². The largest absolute Gasteiger partial charge is 0.382 e. The maximum atomic E-state index is 5.29. The van der Waals surface area contributed by atoms with Crippen molar-refractivity contribution >= 4 is 15.9 Å². The van der Waals surface area contributed by atoms with Gasteiger partial charge in [0.05, 0.1) is 18.4 Å². The Bertz CT molecular complexity index is 527. The number of halogens is 1. The number of nitrogens with zero attached hydrogens (tertiary/aromatic N) is 1. The molecule has 1 aromatic heterocycles. The number of benzene rings is 1. The number of rotatable bonds is 8. The second-order valence-electron chi connectivity index (χ2n) is 4.48. The predicted octanol–water partition coefficient (Wildman–Crippen LogP) is 3.36. The zero-order valence-corrected chi connectivity index (χ0v) is 13.2. The van der Waals surface area contributed by atoms with Gasteiger partial charge in [-0.15, -0.1) is 0 Å². The lowest BCUT2D eigenvalue weighted by Crippen LogP contribution is -2.17. The molecule has 0 saturated carbocycles. The summed E-state index contributed by atoms with van der Waals surface area (Å²) in [4.78, 5) is 7.72. The van der Waals surface area contributed by atoms with Crippen molar-refractivity contribution in [1.82, 2.24) is 15.3 Å². The molecule has 1 aromatic carbocycles. The Balaban J connectivity index is 1.80. The molecule has 2 aromatic rings. The Morgan fingerprint density at radius 3 is 3.10 bits per heavy atom. The van der Waals surface area contributed by atoms with Crippen molar-refractivity contribution in [3.05, 3.63) is 40.8 Å². The molecule has 108 valence electrons. The average molecular weight is 338 g/mol. The molecule has 0 unspecified atom stereocenters. The first-order chi connectivity index (χ1) is 9.79. The summed E-state index contributed by atoms with van der Waals surface area (Å²) in [5.74, 6) is 0.955. The van der Waals surface area contributed by atoms with Crippen LogP contribution in [0.5, 0.6) is 0 Å². The van der Waals surface area contributed by atoms with Crippen LogP contribution in [-0.4, -0.2) is 29.7 Å². The van der Waals surface area contributed by atoms with Gasteiger partial charge in [0.25, 0.3) is 0 Å². The number of H-pyrrole nitrogens is 1. The lowest BCUT2D eigenvalue weighted by molar-refractivity contribution is 0.144. The molecule has 4 nitrogen and oxygen atoms in total. The Morgan fingerprint density at radius 1 is 1.40 bits per heavy atom. The van der Waals surface area contributed by atoms with Gasteiger partial charge in [-0.1, -0.05) is 28.1 Å². The highest BCUT2D eigenvalue weighted by Gasteiger charge is 2.03. The van der Waals surface area contributed by atoms with Crippen molar-refractivity contribution in [3.63, 3.8) is 0 Å². The molecule has 2 rings (SSSR count). The van der Waals surface area contributed by atoms with Crippen LogP contribution in [0.2, 0.25) is 0 Å². The van der Waals surface area contributed by atoms with Crippen LogP contribution in [0, 0.1) is 0 Å². The maximum absolute atomic E-state index is 5.29. The van der Waals surface area contributed by atoms with Crippen LogP contribution in [0.25, 0.3) is 11.3 Å². The van der Waals surface area contributed by atoms with Crippen molar-refractivity contribution in [2.24, 2.45) is 0 Å². The first-order valence-corrected chi connectivity index (χ1v) is 7.67. The van der Waals surface area contributed by atoms with Gasteiger partial charge in [-0.2, -0.15) is 0 Å². The molecule has 0 spiro atoms. The maximum Gasteiger partial charge on any atom is 0.120 e. The van der Waals surface area contributed by atoms with E-state index in [2.05, 4.69) is 43.3 Å². The van der Waals surface area contributed by atoms with Gasteiger partial charge in [-0.3, -0.25) is 0 Å². The Morgan fingerprint density at radius 2 is 2.30 bits per heavy atom. The molecule has 0 fully saturated rings. The van der Waals surface area contributed by atoms with Crippen LogP contribution in [0.4, 0.5) is 0 Å². The first-order valence-electron chi connectivity index (χ1n) is 6.88. The van der Waals surface area contributed by atoms with Crippen LogP contribution in [0.15, 0.2) is 34.9 Å². The van der Waals surface area contributed by atoms with Crippen molar-refractivity contribution < 1.29 is 4.74 Å². The summed E-state index contributed by atoms with van der Waals surface area (Å²) < 4.78 is 6.36. The van der Waals surface area contributed by atoms with Gasteiger partial charge in [0.1, 0.15) is 5.82 Å². The fourth-order valence-electron chi connectivity index (χ4n) is 1.91. The number of aromatic amines is 1. The minimum atomic E-state index is 0.750. The fraction of sp³-hybridized carbons (Fsp3) is 0.400. The number of ether oxygens (including phenoxy) is 1. The molecular formula is C15H20BrN3O. The first kappa shape index (κ1) is 15.2. The molecule has 0 bridgehead atoms. The number of hydrogen-bond acceptors (Lipinski definition) is 3. The van der Waals surface area contributed by atoms with Crippen LogP contribution >= 0.6 is 15.9 Å². The summed E-state index contributed by atoms with van der Waals surface area (Å²) in [7, 11) is 0. The van der Waals surface area contributed by atoms with Crippen molar-refractivity contribution in [1.29, 1.82) is 0 Å². The highest BCUT2D eigenvalue weighted by atomic mass is 79.9. The highest BCUT2D eigenvalue weighted by Crippen LogP contribution is 2.21. The molecule has 1 heterocycles. The lowest BCUT2D eigenvalue weighted by atomic mass is 10.2. The summed E-state index contributed by atoms with van der Waals surface area (Å²) in [5, 5.41) is 3.35. The second-order valence-corrected chi connectivity index (χ2v) is 5.40. The van der Waals surface area contributed by atoms with Gasteiger partial charge >= 0.3 is 0 Å². The summed E-state index contributed by atoms with van der Waals surface area (Å²) in [6.07, 6.45) is 2.89. The predicted molar refractivity (Wildman–Crippen MR) is 84.5 cm³/mol. The standard InChI is InChI=1S/C15H20BrN3O/c1-2-20-8-4-7-17-11-15-18-10-14(19-15)12-5-3-6-13(16)9-12/h3,5-6,9-10,17H,2,4,7-8,11H2,1H3,(H,18,19). The number of imidazole rings is 1. The van der Waals surface area contributed by atoms with Crippen molar-refractivity contribution in [3.8, 4) is 11.3 Å². The van der Waals surface area contributed by atoms with E-state index in [1.807, 2.05) is 25.3 Å². The minimum absolute atomic E-state index is 0.750. The molecular weight excluding hydrogens is 318 g/mol. The van der Waals surface area contributed by atoms with Gasteiger partial charge in [-0.25, -0.2) is 4.98 Å². The molecule has 20 heavy (non-hydrogen) atoms. The molecule has 5 heteroatoms. The van der Waals surface area contributed by atoms with E-state index in [1.54, 1.807) is 0 Å². The summed E-state index contributed by atoms with van der Waals surface area (Å²) in [6.45, 7) is 5.30. The number of aromatic nitrogens is 2. The van der Waals surface area contributed by atoms with Crippen LogP contribution in [-0.2, 0) is 11.3 Å². The third-order valence-corrected chi connectivity index (χ3v) is 3.40. The zero-order valence-electron chi connectivity index (χ0n) is 11.7. The lowest BCUT2D eigenvalue weighted by Gasteiger charge is -2.03. The number of nitrogens with one attached hydrogen (secondary N) is 2. The fourth-order valence-corrected chi connectivity index (χ4v) is 2.30. The van der Waals surface area contributed by atoms with Crippen molar-refractivity contribution in [2.75, 3.05) is 19.8 Å². The quantitative estimate of drug-likeness (QED) is 0.726. The van der Waals surface area contributed by atoms with E-state index in [-0.39, 0.29) is 0 Å². The Hall–Kier alpha value is -1.17. The van der Waals surface area contributed by atoms with E-state index < -0.39 is 0 Å². The molecule has 2 N–H and O–H groups in total. The van der Waals surface area contributed by atoms with Gasteiger partial charge in [0.2, 0.25) is 0 Å². The van der Waals surface area contributed by atoms with Gasteiger partial charge in [-0.05, 0) is 32.0 Å². The highest BCUT2D eigenvalue weighted by molar-refractivity contribution is 9.10. The molecule has 0 saturated heterocycles. The minimum Gasteiger partial charge on any atom is -0.382 e. The van der Waals surface area contributed by atoms with Gasteiger partial charge in [0.15, 0.2) is 0 Å². The molecule has 0 aliphatic carbocycles. The average Bonchev–Trinajstić information content (AvgIpc) is 2.91. The summed E-state index contributed by atoms with van der Waals surface area (Å²) >= 11 is 3.48. The van der Waals surface area contributed by atoms with Crippen LogP contribution < -0.4 is 5.32 Å². The van der Waals surface area contributed by atoms with Gasteiger partial charge in [0, 0.05) is 23.2 Å². The monoisotopic (exact) mass is 337 g/mol. The molecule has 0 atom stereocenters. The van der Waals surface area contributed by atoms with E-state index in [0.717, 1.165) is 54.3 Å². The van der Waals surface area contributed by atoms with Crippen LogP contribution in [0.3, 0.4) is 0 Å². The molecule has 0 aliphatic heterocycles. The SMILES string of the molecule is CCOCCCNCc1ncc(-c2cccc(Br)c2)[nH]1. The number of hydrogen-bond donors (Lipinski definition) is 2. The van der Waals surface area contributed by atoms with Crippen molar-refractivity contribution in [2.45, 2.75) is 19.9 Å². The summed E-state index contributed by atoms with van der Waals surface area (Å²) in [5.41, 5.74) is 2.17. The molecule has 0 amide bonds. The van der Waals surface area contributed by atoms with E-state index in [1.165, 1.54) is 0 Å². The molecule has 0 radical (unpaired) electrons. The molecule has 0 aliphatic rings. The van der Waals surface area contributed by atoms with E-state index in [4.69, 9.17) is 4.74 Å². The second kappa shape index (κ2) is 8.19. The smallest absolute Gasteiger partial charge is 0.120 e. The van der Waals surface area contributed by atoms with E-state index in [0.29, 0.717) is 0 Å². The van der Waals surface area contributed by atoms with Crippen LogP contribution in [0.1, 0.15) is 19.2 Å².